The Hall–Kier alpha value is -1.75. The second-order valence-corrected chi connectivity index (χ2v) is 4.56. The lowest BCUT2D eigenvalue weighted by atomic mass is 10.1. The number of likely N-dealkylation sites (tertiary alicyclic amines) is 1. The van der Waals surface area contributed by atoms with Gasteiger partial charge in [-0.15, -0.1) is 0 Å². The van der Waals surface area contributed by atoms with E-state index in [0.29, 0.717) is 17.3 Å². The lowest BCUT2D eigenvalue weighted by Gasteiger charge is -2.16. The summed E-state index contributed by atoms with van der Waals surface area (Å²) in [6.07, 6.45) is 1.08. The molecule has 1 aromatic carbocycles. The van der Waals surface area contributed by atoms with Gasteiger partial charge < -0.3 is 21.7 Å². The molecule has 1 heterocycles. The molecule has 92 valence electrons. The number of hydrogen-bond donors (Lipinski definition) is 3. The molecule has 1 amide bonds. The standard InChI is InChI=1S/C12H18N4O/c1-16-5-4-9(7-16)15-11-6-8(12(14)17)2-3-10(11)13/h2-3,6,9,15H,4-5,7,13H2,1H3,(H2,14,17). The van der Waals surface area contributed by atoms with E-state index in [2.05, 4.69) is 17.3 Å². The highest BCUT2D eigenvalue weighted by molar-refractivity contribution is 5.94. The van der Waals surface area contributed by atoms with Crippen LogP contribution in [0.5, 0.6) is 0 Å². The van der Waals surface area contributed by atoms with Crippen molar-refractivity contribution in [1.29, 1.82) is 0 Å². The molecule has 1 aliphatic rings. The van der Waals surface area contributed by atoms with Gasteiger partial charge in [-0.1, -0.05) is 0 Å². The number of carbonyl (C=O) groups excluding carboxylic acids is 1. The van der Waals surface area contributed by atoms with Gasteiger partial charge in [0.1, 0.15) is 0 Å². The maximum Gasteiger partial charge on any atom is 0.248 e. The van der Waals surface area contributed by atoms with Crippen molar-refractivity contribution in [3.05, 3.63) is 23.8 Å². The number of amides is 1. The summed E-state index contributed by atoms with van der Waals surface area (Å²) in [5, 5.41) is 3.36. The first-order valence-electron chi connectivity index (χ1n) is 5.70. The van der Waals surface area contributed by atoms with E-state index in [9.17, 15) is 4.79 Å². The summed E-state index contributed by atoms with van der Waals surface area (Å²) in [6, 6.07) is 5.45. The molecule has 1 aliphatic heterocycles. The van der Waals surface area contributed by atoms with E-state index in [1.807, 2.05) is 0 Å². The lowest BCUT2D eigenvalue weighted by molar-refractivity contribution is 0.100. The number of rotatable bonds is 3. The molecule has 0 radical (unpaired) electrons. The third-order valence-electron chi connectivity index (χ3n) is 3.09. The number of hydrogen-bond acceptors (Lipinski definition) is 4. The van der Waals surface area contributed by atoms with Crippen molar-refractivity contribution < 1.29 is 4.79 Å². The van der Waals surface area contributed by atoms with Gasteiger partial charge >= 0.3 is 0 Å². The van der Waals surface area contributed by atoms with Crippen LogP contribution in [0.15, 0.2) is 18.2 Å². The SMILES string of the molecule is CN1CCC(Nc2cc(C(N)=O)ccc2N)C1. The zero-order valence-electron chi connectivity index (χ0n) is 9.94. The Labute approximate surface area is 101 Å². The molecule has 1 atom stereocenters. The molecule has 1 saturated heterocycles. The van der Waals surface area contributed by atoms with Gasteiger partial charge in [0.05, 0.1) is 11.4 Å². The van der Waals surface area contributed by atoms with Crippen LogP contribution in [0.1, 0.15) is 16.8 Å². The minimum Gasteiger partial charge on any atom is -0.397 e. The van der Waals surface area contributed by atoms with Gasteiger partial charge in [0.25, 0.3) is 0 Å². The first-order chi connectivity index (χ1) is 8.06. The molecule has 5 nitrogen and oxygen atoms in total. The number of nitrogens with one attached hydrogen (secondary N) is 1. The van der Waals surface area contributed by atoms with Crippen molar-refractivity contribution in [2.75, 3.05) is 31.2 Å². The predicted octanol–water partition coefficient (Wildman–Crippen LogP) is 0.484. The average Bonchev–Trinajstić information content (AvgIpc) is 2.67. The fraction of sp³-hybridized carbons (Fsp3) is 0.417. The third-order valence-corrected chi connectivity index (χ3v) is 3.09. The second kappa shape index (κ2) is 4.63. The topological polar surface area (TPSA) is 84.4 Å². The van der Waals surface area contributed by atoms with E-state index in [0.717, 1.165) is 25.2 Å². The minimum atomic E-state index is -0.434. The largest absolute Gasteiger partial charge is 0.397 e. The van der Waals surface area contributed by atoms with Gasteiger partial charge in [-0.3, -0.25) is 4.79 Å². The number of nitrogens with zero attached hydrogens (tertiary/aromatic N) is 1. The van der Waals surface area contributed by atoms with E-state index in [4.69, 9.17) is 11.5 Å². The average molecular weight is 234 g/mol. The van der Waals surface area contributed by atoms with E-state index in [1.54, 1.807) is 18.2 Å². The van der Waals surface area contributed by atoms with Gasteiger partial charge in [-0.25, -0.2) is 0 Å². The Balaban J connectivity index is 2.14. The van der Waals surface area contributed by atoms with Crippen LogP contribution < -0.4 is 16.8 Å². The molecule has 0 aromatic heterocycles. The number of likely N-dealkylation sites (N-methyl/N-ethyl adjacent to an activating group) is 1. The normalized spacial score (nSPS) is 20.4. The molecule has 17 heavy (non-hydrogen) atoms. The minimum absolute atomic E-state index is 0.380. The van der Waals surface area contributed by atoms with Crippen LogP contribution in [0.4, 0.5) is 11.4 Å². The quantitative estimate of drug-likeness (QED) is 0.664. The maximum atomic E-state index is 11.1. The Morgan fingerprint density at radius 1 is 1.53 bits per heavy atom. The van der Waals surface area contributed by atoms with Gasteiger partial charge in [-0.2, -0.15) is 0 Å². The molecule has 5 heteroatoms. The predicted molar refractivity (Wildman–Crippen MR) is 68.9 cm³/mol. The number of carbonyl (C=O) groups is 1. The number of primary amides is 1. The summed E-state index contributed by atoms with van der Waals surface area (Å²) in [4.78, 5) is 13.4. The molecular formula is C12H18N4O. The van der Waals surface area contributed by atoms with Crippen molar-refractivity contribution in [3.8, 4) is 0 Å². The van der Waals surface area contributed by atoms with E-state index < -0.39 is 5.91 Å². The monoisotopic (exact) mass is 234 g/mol. The van der Waals surface area contributed by atoms with Crippen molar-refractivity contribution in [2.45, 2.75) is 12.5 Å². The molecule has 5 N–H and O–H groups in total. The molecule has 1 aromatic rings. The number of nitrogens with two attached hydrogens (primary N) is 2. The lowest BCUT2D eigenvalue weighted by Crippen LogP contribution is -2.24. The molecule has 2 rings (SSSR count). The molecule has 0 aliphatic carbocycles. The molecule has 0 saturated carbocycles. The highest BCUT2D eigenvalue weighted by Gasteiger charge is 2.19. The highest BCUT2D eigenvalue weighted by Crippen LogP contribution is 2.22. The summed E-state index contributed by atoms with van der Waals surface area (Å²) < 4.78 is 0. The zero-order valence-corrected chi connectivity index (χ0v) is 9.94. The van der Waals surface area contributed by atoms with Crippen molar-refractivity contribution in [1.82, 2.24) is 4.90 Å². The van der Waals surface area contributed by atoms with Crippen LogP contribution in [0.3, 0.4) is 0 Å². The van der Waals surface area contributed by atoms with Gasteiger partial charge in [0.15, 0.2) is 0 Å². The van der Waals surface area contributed by atoms with Crippen LogP contribution >= 0.6 is 0 Å². The van der Waals surface area contributed by atoms with Crippen LogP contribution in [-0.2, 0) is 0 Å². The van der Waals surface area contributed by atoms with E-state index in [1.165, 1.54) is 0 Å². The Kier molecular flexibility index (Phi) is 3.19. The van der Waals surface area contributed by atoms with E-state index >= 15 is 0 Å². The van der Waals surface area contributed by atoms with Crippen LogP contribution in [-0.4, -0.2) is 37.0 Å². The summed E-state index contributed by atoms with van der Waals surface area (Å²) in [7, 11) is 2.09. The van der Waals surface area contributed by atoms with E-state index in [-0.39, 0.29) is 0 Å². The molecular weight excluding hydrogens is 216 g/mol. The van der Waals surface area contributed by atoms with Crippen LogP contribution in [0.2, 0.25) is 0 Å². The number of benzene rings is 1. The van der Waals surface area contributed by atoms with Gasteiger partial charge in [0, 0.05) is 18.2 Å². The fourth-order valence-corrected chi connectivity index (χ4v) is 2.11. The molecule has 1 unspecified atom stereocenters. The first kappa shape index (κ1) is 11.7. The third kappa shape index (κ3) is 2.68. The van der Waals surface area contributed by atoms with Crippen LogP contribution in [0, 0.1) is 0 Å². The van der Waals surface area contributed by atoms with Gasteiger partial charge in [-0.05, 0) is 38.2 Å². The molecule has 0 bridgehead atoms. The highest BCUT2D eigenvalue weighted by atomic mass is 16.1. The first-order valence-corrected chi connectivity index (χ1v) is 5.70. The smallest absolute Gasteiger partial charge is 0.248 e. The molecule has 0 spiro atoms. The number of anilines is 2. The number of nitrogen functional groups attached to an aromatic ring is 1. The van der Waals surface area contributed by atoms with Crippen LogP contribution in [0.25, 0.3) is 0 Å². The van der Waals surface area contributed by atoms with Crippen molar-refractivity contribution in [3.63, 3.8) is 0 Å². The summed E-state index contributed by atoms with van der Waals surface area (Å²) in [5.74, 6) is -0.434. The van der Waals surface area contributed by atoms with Crippen molar-refractivity contribution in [2.24, 2.45) is 5.73 Å². The molecule has 1 fully saturated rings. The zero-order chi connectivity index (χ0) is 12.4. The van der Waals surface area contributed by atoms with Gasteiger partial charge in [0.2, 0.25) is 5.91 Å². The Morgan fingerprint density at radius 2 is 2.29 bits per heavy atom. The Morgan fingerprint density at radius 3 is 2.88 bits per heavy atom. The summed E-state index contributed by atoms with van der Waals surface area (Å²) >= 11 is 0. The van der Waals surface area contributed by atoms with Crippen molar-refractivity contribution >= 4 is 17.3 Å². The maximum absolute atomic E-state index is 11.1. The second-order valence-electron chi connectivity index (χ2n) is 4.56. The fourth-order valence-electron chi connectivity index (χ4n) is 2.11. The summed E-state index contributed by atoms with van der Waals surface area (Å²) in [6.45, 7) is 2.06. The summed E-state index contributed by atoms with van der Waals surface area (Å²) in [5.41, 5.74) is 13.0. The Bertz CT molecular complexity index is 433.